The number of halogens is 1. The van der Waals surface area contributed by atoms with Crippen molar-refractivity contribution in [2.75, 3.05) is 26.7 Å². The number of hydrogen-bond donors (Lipinski definition) is 1. The average Bonchev–Trinajstić information content (AvgIpc) is 2.29. The van der Waals surface area contributed by atoms with E-state index in [1.807, 2.05) is 25.2 Å². The normalized spacial score (nSPS) is 22.2. The summed E-state index contributed by atoms with van der Waals surface area (Å²) >= 11 is 5.96. The van der Waals surface area contributed by atoms with Crippen molar-refractivity contribution in [2.45, 2.75) is 12.8 Å². The minimum Gasteiger partial charge on any atom is -0.361 e. The van der Waals surface area contributed by atoms with Crippen LogP contribution in [0, 0.1) is 0 Å². The summed E-state index contributed by atoms with van der Waals surface area (Å²) in [5.74, 6) is 0. The van der Waals surface area contributed by atoms with Crippen LogP contribution in [0.2, 0.25) is 5.02 Å². The molecule has 1 aliphatic heterocycles. The van der Waals surface area contributed by atoms with Crippen molar-refractivity contribution in [3.8, 4) is 0 Å². The second kappa shape index (κ2) is 5.64. The van der Waals surface area contributed by atoms with Crippen LogP contribution in [0.25, 0.3) is 0 Å². The Kier molecular flexibility index (Phi) is 4.18. The van der Waals surface area contributed by atoms with E-state index in [4.69, 9.17) is 16.3 Å². The molecule has 1 aliphatic rings. The first-order valence-corrected chi connectivity index (χ1v) is 5.91. The lowest BCUT2D eigenvalue weighted by molar-refractivity contribution is -0.0442. The highest BCUT2D eigenvalue weighted by molar-refractivity contribution is 6.30. The number of likely N-dealkylation sites (N-methyl/N-ethyl adjacent to an activating group) is 1. The summed E-state index contributed by atoms with van der Waals surface area (Å²) < 4.78 is 5.54. The summed E-state index contributed by atoms with van der Waals surface area (Å²) in [7, 11) is 1.92. The van der Waals surface area contributed by atoms with Gasteiger partial charge in [-0.25, -0.2) is 0 Å². The Bertz CT molecular complexity index is 346. The molecule has 0 amide bonds. The largest absolute Gasteiger partial charge is 0.361 e. The summed E-state index contributed by atoms with van der Waals surface area (Å²) in [6.45, 7) is 3.61. The molecule has 0 bridgehead atoms. The minimum atomic E-state index is 0.146. The van der Waals surface area contributed by atoms with Crippen LogP contribution in [-0.4, -0.2) is 37.9 Å². The maximum atomic E-state index is 5.96. The lowest BCUT2D eigenvalue weighted by Gasteiger charge is -2.32. The van der Waals surface area contributed by atoms with Crippen molar-refractivity contribution in [2.24, 2.45) is 0 Å². The van der Waals surface area contributed by atoms with Gasteiger partial charge in [-0.3, -0.25) is 10.2 Å². The number of hydrogen-bond acceptors (Lipinski definition) is 3. The lowest BCUT2D eigenvalue weighted by Crippen LogP contribution is -2.47. The van der Waals surface area contributed by atoms with E-state index in [0.29, 0.717) is 0 Å². The molecular formula is C12H17ClN2O. The van der Waals surface area contributed by atoms with Crippen LogP contribution >= 0.6 is 11.6 Å². The Labute approximate surface area is 101 Å². The molecule has 1 aromatic carbocycles. The summed E-state index contributed by atoms with van der Waals surface area (Å²) in [6, 6.07) is 8.02. The van der Waals surface area contributed by atoms with Crippen molar-refractivity contribution in [3.05, 3.63) is 34.9 Å². The maximum Gasteiger partial charge on any atom is 0.120 e. The molecule has 88 valence electrons. The van der Waals surface area contributed by atoms with Crippen molar-refractivity contribution >= 4 is 11.6 Å². The van der Waals surface area contributed by atoms with Crippen LogP contribution in [0.3, 0.4) is 0 Å². The van der Waals surface area contributed by atoms with Crippen LogP contribution in [0.5, 0.6) is 0 Å². The van der Waals surface area contributed by atoms with E-state index in [0.717, 1.165) is 31.3 Å². The Morgan fingerprint density at radius 1 is 1.56 bits per heavy atom. The number of nitrogens with one attached hydrogen (secondary N) is 1. The third-order valence-corrected chi connectivity index (χ3v) is 3.00. The molecule has 1 atom stereocenters. The van der Waals surface area contributed by atoms with Crippen molar-refractivity contribution in [1.29, 1.82) is 0 Å². The van der Waals surface area contributed by atoms with E-state index < -0.39 is 0 Å². The van der Waals surface area contributed by atoms with Gasteiger partial charge in [0.05, 0.1) is 6.61 Å². The van der Waals surface area contributed by atoms with E-state index in [2.05, 4.69) is 16.3 Å². The first kappa shape index (κ1) is 11.9. The van der Waals surface area contributed by atoms with E-state index in [1.54, 1.807) is 0 Å². The van der Waals surface area contributed by atoms with Crippen molar-refractivity contribution in [1.82, 2.24) is 10.2 Å². The van der Waals surface area contributed by atoms with Gasteiger partial charge in [-0.2, -0.15) is 0 Å². The third kappa shape index (κ3) is 3.19. The lowest BCUT2D eigenvalue weighted by atomic mass is 10.2. The van der Waals surface area contributed by atoms with Crippen molar-refractivity contribution < 1.29 is 4.74 Å². The monoisotopic (exact) mass is 240 g/mol. The van der Waals surface area contributed by atoms with Crippen molar-refractivity contribution in [3.63, 3.8) is 0 Å². The first-order valence-electron chi connectivity index (χ1n) is 5.53. The minimum absolute atomic E-state index is 0.146. The molecule has 1 aromatic rings. The number of nitrogens with zero attached hydrogens (tertiary/aromatic N) is 1. The first-order chi connectivity index (χ1) is 7.78. The van der Waals surface area contributed by atoms with Gasteiger partial charge in [0, 0.05) is 24.7 Å². The molecule has 1 N–H and O–H groups in total. The molecule has 2 rings (SSSR count). The van der Waals surface area contributed by atoms with Gasteiger partial charge in [0.15, 0.2) is 0 Å². The van der Waals surface area contributed by atoms with Gasteiger partial charge in [-0.15, -0.1) is 0 Å². The molecule has 1 saturated heterocycles. The molecule has 4 heteroatoms. The molecule has 0 aliphatic carbocycles. The van der Waals surface area contributed by atoms with E-state index in [9.17, 15) is 0 Å². The number of rotatable bonds is 3. The zero-order valence-electron chi connectivity index (χ0n) is 9.45. The zero-order valence-corrected chi connectivity index (χ0v) is 10.2. The van der Waals surface area contributed by atoms with Gasteiger partial charge < -0.3 is 4.74 Å². The fourth-order valence-corrected chi connectivity index (χ4v) is 2.13. The Morgan fingerprint density at radius 2 is 2.44 bits per heavy atom. The predicted molar refractivity (Wildman–Crippen MR) is 65.5 cm³/mol. The van der Waals surface area contributed by atoms with Gasteiger partial charge in [0.2, 0.25) is 0 Å². The van der Waals surface area contributed by atoms with Gasteiger partial charge >= 0.3 is 0 Å². The number of benzene rings is 1. The molecule has 1 heterocycles. The molecule has 16 heavy (non-hydrogen) atoms. The highest BCUT2D eigenvalue weighted by Crippen LogP contribution is 2.14. The summed E-state index contributed by atoms with van der Waals surface area (Å²) in [5, 5.41) is 3.94. The average molecular weight is 241 g/mol. The fourth-order valence-electron chi connectivity index (χ4n) is 1.91. The Hall–Kier alpha value is -0.610. The second-order valence-electron chi connectivity index (χ2n) is 4.01. The molecule has 0 spiro atoms. The highest BCUT2D eigenvalue weighted by Gasteiger charge is 2.18. The van der Waals surface area contributed by atoms with E-state index >= 15 is 0 Å². The second-order valence-corrected chi connectivity index (χ2v) is 4.45. The molecule has 0 radical (unpaired) electrons. The molecule has 3 nitrogen and oxygen atoms in total. The number of ether oxygens (including phenoxy) is 1. The molecular weight excluding hydrogens is 224 g/mol. The summed E-state index contributed by atoms with van der Waals surface area (Å²) in [6.07, 6.45) is 0.146. The fraction of sp³-hybridized carbons (Fsp3) is 0.500. The highest BCUT2D eigenvalue weighted by atomic mass is 35.5. The van der Waals surface area contributed by atoms with Crippen LogP contribution in [0.1, 0.15) is 5.56 Å². The Balaban J connectivity index is 1.94. The predicted octanol–water partition coefficient (Wildman–Crippen LogP) is 1.72. The zero-order chi connectivity index (χ0) is 11.4. The quantitative estimate of drug-likeness (QED) is 0.871. The molecule has 1 fully saturated rings. The van der Waals surface area contributed by atoms with E-state index in [-0.39, 0.29) is 6.23 Å². The summed E-state index contributed by atoms with van der Waals surface area (Å²) in [5.41, 5.74) is 1.25. The van der Waals surface area contributed by atoms with Gasteiger partial charge in [0.1, 0.15) is 6.23 Å². The van der Waals surface area contributed by atoms with Gasteiger partial charge in [-0.1, -0.05) is 23.7 Å². The third-order valence-electron chi connectivity index (χ3n) is 2.77. The topological polar surface area (TPSA) is 24.5 Å². The van der Waals surface area contributed by atoms with Crippen LogP contribution < -0.4 is 5.32 Å². The molecule has 1 unspecified atom stereocenters. The van der Waals surface area contributed by atoms with Gasteiger partial charge in [0.25, 0.3) is 0 Å². The number of morpholine rings is 1. The van der Waals surface area contributed by atoms with Crippen LogP contribution in [-0.2, 0) is 11.3 Å². The molecule has 0 saturated carbocycles. The van der Waals surface area contributed by atoms with Crippen LogP contribution in [0.15, 0.2) is 24.3 Å². The smallest absolute Gasteiger partial charge is 0.120 e. The molecule has 0 aromatic heterocycles. The van der Waals surface area contributed by atoms with Crippen LogP contribution in [0.4, 0.5) is 0 Å². The summed E-state index contributed by atoms with van der Waals surface area (Å²) in [4.78, 5) is 2.37. The SMILES string of the molecule is CNC1CN(Cc2cccc(Cl)c2)CCO1. The van der Waals surface area contributed by atoms with E-state index in [1.165, 1.54) is 5.56 Å². The maximum absolute atomic E-state index is 5.96. The Morgan fingerprint density at radius 3 is 3.19 bits per heavy atom. The van der Waals surface area contributed by atoms with Gasteiger partial charge in [-0.05, 0) is 24.7 Å². The standard InChI is InChI=1S/C12H17ClN2O/c1-14-12-9-15(5-6-16-12)8-10-3-2-4-11(13)7-10/h2-4,7,12,14H,5-6,8-9H2,1H3.